The fraction of sp³-hybridized carbons (Fsp3) is 0.208. The summed E-state index contributed by atoms with van der Waals surface area (Å²) in [5.41, 5.74) is 4.47. The molecule has 2 aromatic heterocycles. The van der Waals surface area contributed by atoms with Crippen molar-refractivity contribution in [1.82, 2.24) is 25.2 Å². The highest BCUT2D eigenvalue weighted by molar-refractivity contribution is 7.99. The monoisotopic (exact) mass is 491 g/mol. The minimum atomic E-state index is -0.224. The lowest BCUT2D eigenvalue weighted by molar-refractivity contribution is -0.118. The maximum Gasteiger partial charge on any atom is 0.250 e. The Morgan fingerprint density at radius 2 is 1.79 bits per heavy atom. The predicted octanol–water partition coefficient (Wildman–Crippen LogP) is 4.48. The quantitative estimate of drug-likeness (QED) is 0.200. The van der Waals surface area contributed by atoms with Crippen LogP contribution >= 0.6 is 23.1 Å². The number of rotatable bonds is 10. The Balaban J connectivity index is 1.42. The van der Waals surface area contributed by atoms with Crippen molar-refractivity contribution in [2.75, 3.05) is 23.7 Å². The molecule has 0 unspecified atom stereocenters. The third-order valence-corrected chi connectivity index (χ3v) is 6.86. The first kappa shape index (κ1) is 23.7. The number of hydrogen-bond donors (Lipinski definition) is 1. The number of thiazole rings is 1. The SMILES string of the molecule is CCN(CC)c1ncc(/C=N/NC(=O)CSc2nnc(-c3ccccc3)n2-c2ccccc2)s1. The lowest BCUT2D eigenvalue weighted by Gasteiger charge is -2.16. The van der Waals surface area contributed by atoms with Gasteiger partial charge in [0.15, 0.2) is 16.1 Å². The van der Waals surface area contributed by atoms with Crippen molar-refractivity contribution < 1.29 is 4.79 Å². The number of hydrogen-bond acceptors (Lipinski definition) is 8. The molecule has 2 aromatic carbocycles. The number of hydrazone groups is 1. The Morgan fingerprint density at radius 1 is 1.09 bits per heavy atom. The number of carbonyl (C=O) groups is 1. The number of amides is 1. The molecule has 2 heterocycles. The van der Waals surface area contributed by atoms with Gasteiger partial charge in [-0.25, -0.2) is 10.4 Å². The van der Waals surface area contributed by atoms with Gasteiger partial charge in [-0.3, -0.25) is 9.36 Å². The Morgan fingerprint density at radius 3 is 2.50 bits per heavy atom. The number of anilines is 1. The highest BCUT2D eigenvalue weighted by Crippen LogP contribution is 2.27. The van der Waals surface area contributed by atoms with Gasteiger partial charge < -0.3 is 4.90 Å². The largest absolute Gasteiger partial charge is 0.349 e. The molecule has 34 heavy (non-hydrogen) atoms. The van der Waals surface area contributed by atoms with Gasteiger partial charge in [-0.15, -0.1) is 10.2 Å². The van der Waals surface area contributed by atoms with E-state index in [2.05, 4.69) is 44.5 Å². The van der Waals surface area contributed by atoms with Gasteiger partial charge in [-0.1, -0.05) is 71.6 Å². The summed E-state index contributed by atoms with van der Waals surface area (Å²) in [5.74, 6) is 0.658. The molecule has 0 aliphatic heterocycles. The van der Waals surface area contributed by atoms with Crippen molar-refractivity contribution in [3.8, 4) is 17.1 Å². The van der Waals surface area contributed by atoms with Crippen LogP contribution in [-0.2, 0) is 4.79 Å². The highest BCUT2D eigenvalue weighted by Gasteiger charge is 2.17. The topological polar surface area (TPSA) is 88.3 Å². The third kappa shape index (κ3) is 5.70. The summed E-state index contributed by atoms with van der Waals surface area (Å²) >= 11 is 2.85. The van der Waals surface area contributed by atoms with Gasteiger partial charge in [0.05, 0.1) is 16.8 Å². The minimum absolute atomic E-state index is 0.157. The van der Waals surface area contributed by atoms with Crippen LogP contribution in [0.2, 0.25) is 0 Å². The number of nitrogens with zero attached hydrogens (tertiary/aromatic N) is 6. The van der Waals surface area contributed by atoms with Crippen molar-refractivity contribution in [2.45, 2.75) is 19.0 Å². The maximum absolute atomic E-state index is 12.4. The summed E-state index contributed by atoms with van der Waals surface area (Å²) in [5, 5.41) is 14.4. The molecule has 0 atom stereocenters. The van der Waals surface area contributed by atoms with Crippen LogP contribution in [0.1, 0.15) is 18.7 Å². The average Bonchev–Trinajstić information content (AvgIpc) is 3.52. The molecule has 0 saturated heterocycles. The number of para-hydroxylation sites is 1. The van der Waals surface area contributed by atoms with E-state index in [1.807, 2.05) is 65.2 Å². The lowest BCUT2D eigenvalue weighted by Crippen LogP contribution is -2.21. The van der Waals surface area contributed by atoms with Gasteiger partial charge in [-0.2, -0.15) is 5.10 Å². The standard InChI is InChI=1S/C24H25N7OS2/c1-3-30(4-2)23-25-15-20(34-23)16-26-27-21(32)17-33-24-29-28-22(18-11-7-5-8-12-18)31(24)19-13-9-6-10-14-19/h5-16H,3-4,17H2,1-2H3,(H,27,32)/b26-16+. The molecule has 1 N–H and O–H groups in total. The smallest absolute Gasteiger partial charge is 0.250 e. The molecule has 0 radical (unpaired) electrons. The van der Waals surface area contributed by atoms with Crippen molar-refractivity contribution in [2.24, 2.45) is 5.10 Å². The van der Waals surface area contributed by atoms with Crippen LogP contribution in [0.15, 0.2) is 77.1 Å². The van der Waals surface area contributed by atoms with Crippen molar-refractivity contribution in [1.29, 1.82) is 0 Å². The molecule has 0 bridgehead atoms. The van der Waals surface area contributed by atoms with Crippen LogP contribution in [0.25, 0.3) is 17.1 Å². The molecule has 0 spiro atoms. The summed E-state index contributed by atoms with van der Waals surface area (Å²) in [7, 11) is 0. The molecule has 174 valence electrons. The van der Waals surface area contributed by atoms with Gasteiger partial charge >= 0.3 is 0 Å². The van der Waals surface area contributed by atoms with E-state index in [-0.39, 0.29) is 11.7 Å². The Bertz CT molecular complexity index is 1230. The number of carbonyl (C=O) groups excluding carboxylic acids is 1. The van der Waals surface area contributed by atoms with E-state index in [0.717, 1.165) is 40.2 Å². The van der Waals surface area contributed by atoms with Crippen LogP contribution in [0, 0.1) is 0 Å². The van der Waals surface area contributed by atoms with Crippen molar-refractivity contribution in [3.63, 3.8) is 0 Å². The molecule has 0 saturated carbocycles. The highest BCUT2D eigenvalue weighted by atomic mass is 32.2. The Labute approximate surface area is 206 Å². The lowest BCUT2D eigenvalue weighted by atomic mass is 10.2. The first-order valence-corrected chi connectivity index (χ1v) is 12.7. The summed E-state index contributed by atoms with van der Waals surface area (Å²) in [6.45, 7) is 5.98. The first-order chi connectivity index (χ1) is 16.7. The van der Waals surface area contributed by atoms with E-state index in [1.165, 1.54) is 23.1 Å². The van der Waals surface area contributed by atoms with Gasteiger partial charge in [0.1, 0.15) is 0 Å². The second kappa shape index (κ2) is 11.6. The number of aromatic nitrogens is 4. The fourth-order valence-corrected chi connectivity index (χ4v) is 4.91. The van der Waals surface area contributed by atoms with E-state index >= 15 is 0 Å². The zero-order valence-electron chi connectivity index (χ0n) is 19.0. The molecule has 4 aromatic rings. The number of benzene rings is 2. The van der Waals surface area contributed by atoms with Crippen molar-refractivity contribution >= 4 is 40.4 Å². The molecule has 0 fully saturated rings. The van der Waals surface area contributed by atoms with Crippen LogP contribution in [0.5, 0.6) is 0 Å². The average molecular weight is 492 g/mol. The number of thioether (sulfide) groups is 1. The van der Waals surface area contributed by atoms with E-state index in [4.69, 9.17) is 0 Å². The van der Waals surface area contributed by atoms with Gasteiger partial charge in [0.2, 0.25) is 0 Å². The van der Waals surface area contributed by atoms with E-state index < -0.39 is 0 Å². The second-order valence-corrected chi connectivity index (χ2v) is 9.13. The minimum Gasteiger partial charge on any atom is -0.349 e. The Kier molecular flexibility index (Phi) is 8.05. The number of nitrogens with one attached hydrogen (secondary N) is 1. The van der Waals surface area contributed by atoms with Crippen LogP contribution in [0.4, 0.5) is 5.13 Å². The summed E-state index contributed by atoms with van der Waals surface area (Å²) < 4.78 is 1.96. The summed E-state index contributed by atoms with van der Waals surface area (Å²) in [6.07, 6.45) is 3.38. The van der Waals surface area contributed by atoms with Crippen LogP contribution in [0.3, 0.4) is 0 Å². The van der Waals surface area contributed by atoms with Crippen molar-refractivity contribution in [3.05, 3.63) is 71.7 Å². The summed E-state index contributed by atoms with van der Waals surface area (Å²) in [4.78, 5) is 19.9. The molecular weight excluding hydrogens is 466 g/mol. The Hall–Kier alpha value is -3.50. The van der Waals surface area contributed by atoms with Crippen LogP contribution in [-0.4, -0.2) is 50.7 Å². The van der Waals surface area contributed by atoms with E-state index in [9.17, 15) is 4.79 Å². The molecule has 4 rings (SSSR count). The van der Waals surface area contributed by atoms with Gasteiger partial charge in [-0.05, 0) is 26.0 Å². The molecule has 0 aliphatic carbocycles. The zero-order valence-corrected chi connectivity index (χ0v) is 20.6. The molecule has 0 aliphatic rings. The second-order valence-electron chi connectivity index (χ2n) is 7.14. The maximum atomic E-state index is 12.4. The molecule has 10 heteroatoms. The first-order valence-electron chi connectivity index (χ1n) is 10.9. The molecule has 1 amide bonds. The van der Waals surface area contributed by atoms with Gasteiger partial charge in [0.25, 0.3) is 5.91 Å². The van der Waals surface area contributed by atoms with E-state index in [0.29, 0.717) is 5.16 Å². The normalized spacial score (nSPS) is 11.1. The molecule has 8 nitrogen and oxygen atoms in total. The fourth-order valence-electron chi connectivity index (χ4n) is 3.25. The van der Waals surface area contributed by atoms with Crippen LogP contribution < -0.4 is 10.3 Å². The summed E-state index contributed by atoms with van der Waals surface area (Å²) in [6, 6.07) is 19.7. The van der Waals surface area contributed by atoms with E-state index in [1.54, 1.807) is 12.4 Å². The van der Waals surface area contributed by atoms with Gasteiger partial charge in [0, 0.05) is 30.5 Å². The third-order valence-electron chi connectivity index (χ3n) is 4.94. The zero-order chi connectivity index (χ0) is 23.8. The predicted molar refractivity (Wildman–Crippen MR) is 139 cm³/mol. The molecular formula is C24H25N7OS2.